The highest BCUT2D eigenvalue weighted by Gasteiger charge is 2.51. The van der Waals surface area contributed by atoms with E-state index in [0.717, 1.165) is 35.5 Å². The van der Waals surface area contributed by atoms with Crippen molar-refractivity contribution in [1.82, 2.24) is 9.80 Å². The van der Waals surface area contributed by atoms with Crippen LogP contribution >= 0.6 is 0 Å². The Kier molecular flexibility index (Phi) is 14.1. The average molecular weight is 495 g/mol. The van der Waals surface area contributed by atoms with Crippen LogP contribution in [0.3, 0.4) is 0 Å². The van der Waals surface area contributed by atoms with Crippen molar-refractivity contribution < 1.29 is 0 Å². The second-order valence-electron chi connectivity index (χ2n) is 14.2. The Morgan fingerprint density at radius 2 is 0.914 bits per heavy atom. The third kappa shape index (κ3) is 7.49. The minimum Gasteiger partial charge on any atom is -0.300 e. The lowest BCUT2D eigenvalue weighted by Gasteiger charge is -2.59. The van der Waals surface area contributed by atoms with E-state index in [1.807, 2.05) is 0 Å². The van der Waals surface area contributed by atoms with E-state index in [2.05, 4.69) is 134 Å². The van der Waals surface area contributed by atoms with Gasteiger partial charge in [0.2, 0.25) is 0 Å². The highest BCUT2D eigenvalue weighted by molar-refractivity contribution is 5.02. The largest absolute Gasteiger partial charge is 0.300 e. The average Bonchev–Trinajstić information content (AvgIpc) is 2.74. The van der Waals surface area contributed by atoms with Crippen molar-refractivity contribution in [2.45, 2.75) is 155 Å². The van der Waals surface area contributed by atoms with Crippen molar-refractivity contribution in [2.75, 3.05) is 13.1 Å². The van der Waals surface area contributed by atoms with Gasteiger partial charge >= 0.3 is 0 Å². The molecular weight excluding hydrogens is 424 g/mol. The van der Waals surface area contributed by atoms with Crippen LogP contribution < -0.4 is 0 Å². The van der Waals surface area contributed by atoms with Crippen molar-refractivity contribution in [3.8, 4) is 0 Å². The summed E-state index contributed by atoms with van der Waals surface area (Å²) in [5, 5.41) is 0. The van der Waals surface area contributed by atoms with Crippen LogP contribution in [0.1, 0.15) is 131 Å². The summed E-state index contributed by atoms with van der Waals surface area (Å²) < 4.78 is 0. The summed E-state index contributed by atoms with van der Waals surface area (Å²) in [6.45, 7) is 45.3. The van der Waals surface area contributed by atoms with Gasteiger partial charge in [-0.15, -0.1) is 0 Å². The standard InChI is InChI=1S/C16H33N.C14H29N.C3H8/c1-10(2)16(9)12(5)14(7)17(11(3)4)15(8)13(16)6;1-10(2)14(7)12(5)8-15(11(3)4)9-13(14)6;1-3-2/h10-15H,1-9H3;10-13H,8-9H2,1-7H3;3H2,1-2H3. The van der Waals surface area contributed by atoms with E-state index < -0.39 is 0 Å². The fourth-order valence-electron chi connectivity index (χ4n) is 7.55. The summed E-state index contributed by atoms with van der Waals surface area (Å²) in [6, 6.07) is 2.73. The lowest BCUT2D eigenvalue weighted by Crippen LogP contribution is -2.62. The van der Waals surface area contributed by atoms with E-state index in [1.165, 1.54) is 19.5 Å². The first-order valence-electron chi connectivity index (χ1n) is 15.4. The number of rotatable bonds is 4. The van der Waals surface area contributed by atoms with Gasteiger partial charge in [-0.25, -0.2) is 0 Å². The fourth-order valence-corrected chi connectivity index (χ4v) is 7.55. The Bertz CT molecular complexity index is 550. The van der Waals surface area contributed by atoms with Crippen molar-refractivity contribution in [3.63, 3.8) is 0 Å². The Morgan fingerprint density at radius 1 is 0.600 bits per heavy atom. The minimum absolute atomic E-state index is 0.463. The number of piperidine rings is 2. The van der Waals surface area contributed by atoms with Crippen LogP contribution in [0.5, 0.6) is 0 Å². The first kappa shape index (κ1) is 34.9. The fraction of sp³-hybridized carbons (Fsp3) is 1.00. The summed E-state index contributed by atoms with van der Waals surface area (Å²) in [5.74, 6) is 4.68. The summed E-state index contributed by atoms with van der Waals surface area (Å²) >= 11 is 0. The zero-order valence-corrected chi connectivity index (χ0v) is 27.8. The van der Waals surface area contributed by atoms with Crippen LogP contribution in [0.25, 0.3) is 0 Å². The Hall–Kier alpha value is -0.0800. The SMILES string of the molecule is CC(C)N1C(C)C(C)C(C)(C(C)C)C(C)C1C.CC(C)N1CC(C)C(C)(C(C)C)C(C)C1.CCC. The maximum absolute atomic E-state index is 2.72. The van der Waals surface area contributed by atoms with Crippen molar-refractivity contribution in [3.05, 3.63) is 0 Å². The van der Waals surface area contributed by atoms with Crippen LogP contribution in [-0.4, -0.2) is 47.1 Å². The van der Waals surface area contributed by atoms with Gasteiger partial charge < -0.3 is 4.90 Å². The number of nitrogens with zero attached hydrogens (tertiary/aromatic N) is 2. The maximum Gasteiger partial charge on any atom is 0.0104 e. The van der Waals surface area contributed by atoms with Gasteiger partial charge in [-0.05, 0) is 87.9 Å². The molecular formula is C33H70N2. The lowest BCUT2D eigenvalue weighted by atomic mass is 9.56. The third-order valence-corrected chi connectivity index (χ3v) is 11.3. The molecule has 2 aliphatic heterocycles. The van der Waals surface area contributed by atoms with Gasteiger partial charge in [0.05, 0.1) is 0 Å². The Balaban J connectivity index is 0.000000597. The van der Waals surface area contributed by atoms with E-state index in [0.29, 0.717) is 35.0 Å². The van der Waals surface area contributed by atoms with E-state index in [4.69, 9.17) is 0 Å². The molecule has 2 heteroatoms. The molecule has 0 amide bonds. The highest BCUT2D eigenvalue weighted by Crippen LogP contribution is 2.51. The molecule has 2 rings (SSSR count). The summed E-state index contributed by atoms with van der Waals surface area (Å²) in [7, 11) is 0. The molecule has 2 aliphatic rings. The molecule has 2 saturated heterocycles. The quantitative estimate of drug-likeness (QED) is 0.384. The Labute approximate surface area is 224 Å². The van der Waals surface area contributed by atoms with Gasteiger partial charge in [0, 0.05) is 37.3 Å². The smallest absolute Gasteiger partial charge is 0.0104 e. The molecule has 0 spiro atoms. The first-order valence-corrected chi connectivity index (χ1v) is 15.4. The van der Waals surface area contributed by atoms with E-state index >= 15 is 0 Å². The molecule has 2 heterocycles. The maximum atomic E-state index is 2.72. The van der Waals surface area contributed by atoms with Crippen LogP contribution in [0.2, 0.25) is 0 Å². The van der Waals surface area contributed by atoms with Crippen molar-refractivity contribution in [1.29, 1.82) is 0 Å². The summed E-state index contributed by atoms with van der Waals surface area (Å²) in [5.41, 5.74) is 0.982. The minimum atomic E-state index is 0.463. The zero-order valence-electron chi connectivity index (χ0n) is 27.8. The summed E-state index contributed by atoms with van der Waals surface area (Å²) in [6.07, 6.45) is 1.25. The molecule has 0 radical (unpaired) electrons. The monoisotopic (exact) mass is 495 g/mol. The molecule has 0 saturated carbocycles. The first-order chi connectivity index (χ1) is 15.9. The molecule has 212 valence electrons. The highest BCUT2D eigenvalue weighted by atomic mass is 15.2. The van der Waals surface area contributed by atoms with Crippen LogP contribution in [0.4, 0.5) is 0 Å². The van der Waals surface area contributed by atoms with E-state index in [-0.39, 0.29) is 0 Å². The summed E-state index contributed by atoms with van der Waals surface area (Å²) in [4.78, 5) is 5.36. The molecule has 0 aromatic rings. The van der Waals surface area contributed by atoms with Gasteiger partial charge in [-0.3, -0.25) is 4.90 Å². The molecule has 0 aromatic carbocycles. The van der Waals surface area contributed by atoms with Crippen LogP contribution in [-0.2, 0) is 0 Å². The molecule has 0 aliphatic carbocycles. The number of likely N-dealkylation sites (tertiary alicyclic amines) is 2. The Morgan fingerprint density at radius 3 is 1.14 bits per heavy atom. The van der Waals surface area contributed by atoms with Crippen molar-refractivity contribution in [2.24, 2.45) is 46.3 Å². The molecule has 0 bridgehead atoms. The van der Waals surface area contributed by atoms with Crippen LogP contribution in [0, 0.1) is 46.3 Å². The second kappa shape index (κ2) is 14.2. The number of hydrogen-bond donors (Lipinski definition) is 0. The zero-order chi connectivity index (χ0) is 28.0. The van der Waals surface area contributed by atoms with Crippen molar-refractivity contribution >= 4 is 0 Å². The van der Waals surface area contributed by atoms with E-state index in [1.54, 1.807) is 0 Å². The normalized spacial score (nSPS) is 38.9. The molecule has 2 fully saturated rings. The van der Waals surface area contributed by atoms with Gasteiger partial charge in [0.15, 0.2) is 0 Å². The lowest BCUT2D eigenvalue weighted by molar-refractivity contribution is -0.110. The second-order valence-corrected chi connectivity index (χ2v) is 14.2. The van der Waals surface area contributed by atoms with Gasteiger partial charge in [0.25, 0.3) is 0 Å². The molecule has 0 aromatic heterocycles. The predicted octanol–water partition coefficient (Wildman–Crippen LogP) is 9.48. The molecule has 2 nitrogen and oxygen atoms in total. The topological polar surface area (TPSA) is 6.48 Å². The molecule has 0 N–H and O–H groups in total. The van der Waals surface area contributed by atoms with E-state index in [9.17, 15) is 0 Å². The molecule has 6 atom stereocenters. The molecule has 35 heavy (non-hydrogen) atoms. The van der Waals surface area contributed by atoms with Gasteiger partial charge in [0.1, 0.15) is 0 Å². The van der Waals surface area contributed by atoms with Gasteiger partial charge in [-0.1, -0.05) is 89.5 Å². The predicted molar refractivity (Wildman–Crippen MR) is 161 cm³/mol. The third-order valence-electron chi connectivity index (χ3n) is 11.3. The van der Waals surface area contributed by atoms with Gasteiger partial charge in [-0.2, -0.15) is 0 Å². The number of hydrogen-bond acceptors (Lipinski definition) is 2. The van der Waals surface area contributed by atoms with Crippen LogP contribution in [0.15, 0.2) is 0 Å². The molecule has 6 unspecified atom stereocenters.